The lowest BCUT2D eigenvalue weighted by Crippen LogP contribution is -2.28. The number of benzene rings is 1. The van der Waals surface area contributed by atoms with E-state index in [1.54, 1.807) is 14.2 Å². The Kier molecular flexibility index (Phi) is 4.68. The van der Waals surface area contributed by atoms with E-state index in [9.17, 15) is 0 Å². The third-order valence-corrected chi connectivity index (χ3v) is 3.23. The fraction of sp³-hybridized carbons (Fsp3) is 0.467. The van der Waals surface area contributed by atoms with Gasteiger partial charge in [0.2, 0.25) is 0 Å². The van der Waals surface area contributed by atoms with E-state index in [1.807, 2.05) is 18.2 Å². The number of methoxy groups -OCH3 is 2. The highest BCUT2D eigenvalue weighted by Crippen LogP contribution is 2.28. The Morgan fingerprint density at radius 2 is 2.05 bits per heavy atom. The maximum atomic E-state index is 6.18. The lowest BCUT2D eigenvalue weighted by atomic mass is 10.0. The van der Waals surface area contributed by atoms with E-state index in [0.717, 1.165) is 48.7 Å². The summed E-state index contributed by atoms with van der Waals surface area (Å²) in [6.45, 7) is 0.769. The first-order chi connectivity index (χ1) is 9.24. The molecule has 2 rings (SSSR count). The van der Waals surface area contributed by atoms with Gasteiger partial charge in [0.05, 0.1) is 26.9 Å². The van der Waals surface area contributed by atoms with Crippen LogP contribution in [0.1, 0.15) is 18.4 Å². The second kappa shape index (κ2) is 6.48. The highest BCUT2D eigenvalue weighted by Gasteiger charge is 2.15. The van der Waals surface area contributed by atoms with Crippen molar-refractivity contribution in [2.45, 2.75) is 25.3 Å². The quantitative estimate of drug-likeness (QED) is 0.885. The van der Waals surface area contributed by atoms with Crippen LogP contribution in [0.3, 0.4) is 0 Å². The van der Waals surface area contributed by atoms with Crippen molar-refractivity contribution in [2.24, 2.45) is 5.73 Å². The van der Waals surface area contributed by atoms with Gasteiger partial charge in [-0.1, -0.05) is 6.07 Å². The Balaban J connectivity index is 2.08. The predicted molar refractivity (Wildman–Crippen MR) is 74.5 cm³/mol. The number of hydrogen-bond acceptors (Lipinski definition) is 4. The van der Waals surface area contributed by atoms with Crippen molar-refractivity contribution < 1.29 is 14.2 Å². The van der Waals surface area contributed by atoms with E-state index in [0.29, 0.717) is 0 Å². The van der Waals surface area contributed by atoms with E-state index < -0.39 is 0 Å². The molecule has 1 aliphatic heterocycles. The van der Waals surface area contributed by atoms with Crippen molar-refractivity contribution in [3.8, 4) is 11.5 Å². The smallest absolute Gasteiger partial charge is 0.160 e. The van der Waals surface area contributed by atoms with Gasteiger partial charge < -0.3 is 19.9 Å². The third kappa shape index (κ3) is 3.41. The van der Waals surface area contributed by atoms with Crippen molar-refractivity contribution in [2.75, 3.05) is 20.8 Å². The number of nitrogens with two attached hydrogens (primary N) is 1. The zero-order chi connectivity index (χ0) is 13.7. The first-order valence-corrected chi connectivity index (χ1v) is 6.54. The molecule has 1 unspecified atom stereocenters. The van der Waals surface area contributed by atoms with Crippen molar-refractivity contribution in [3.63, 3.8) is 0 Å². The van der Waals surface area contributed by atoms with Crippen molar-refractivity contribution in [3.05, 3.63) is 35.6 Å². The molecule has 0 bridgehead atoms. The molecule has 0 aliphatic carbocycles. The third-order valence-electron chi connectivity index (χ3n) is 3.23. The summed E-state index contributed by atoms with van der Waals surface area (Å²) in [6, 6.07) is 5.77. The van der Waals surface area contributed by atoms with E-state index in [4.69, 9.17) is 19.9 Å². The van der Waals surface area contributed by atoms with Crippen LogP contribution in [0.5, 0.6) is 11.5 Å². The van der Waals surface area contributed by atoms with Gasteiger partial charge in [-0.05, 0) is 43.0 Å². The average Bonchev–Trinajstić information content (AvgIpc) is 2.48. The lowest BCUT2D eigenvalue weighted by molar-refractivity contribution is 0.175. The topological polar surface area (TPSA) is 53.7 Å². The fourth-order valence-corrected chi connectivity index (χ4v) is 2.20. The van der Waals surface area contributed by atoms with Crippen LogP contribution in [0.25, 0.3) is 0 Å². The maximum absolute atomic E-state index is 6.18. The fourth-order valence-electron chi connectivity index (χ4n) is 2.20. The first-order valence-electron chi connectivity index (χ1n) is 6.54. The Hall–Kier alpha value is -1.68. The van der Waals surface area contributed by atoms with Crippen LogP contribution < -0.4 is 15.2 Å². The summed E-state index contributed by atoms with van der Waals surface area (Å²) < 4.78 is 16.1. The highest BCUT2D eigenvalue weighted by molar-refractivity contribution is 5.43. The van der Waals surface area contributed by atoms with Gasteiger partial charge in [0.1, 0.15) is 5.76 Å². The normalized spacial score (nSPS) is 16.3. The van der Waals surface area contributed by atoms with Crippen LogP contribution in [0.15, 0.2) is 30.0 Å². The summed E-state index contributed by atoms with van der Waals surface area (Å²) in [5.41, 5.74) is 7.29. The van der Waals surface area contributed by atoms with Gasteiger partial charge in [0, 0.05) is 0 Å². The average molecular weight is 263 g/mol. The second-order valence-electron chi connectivity index (χ2n) is 4.60. The number of rotatable bonds is 5. The Morgan fingerprint density at radius 3 is 2.68 bits per heavy atom. The maximum Gasteiger partial charge on any atom is 0.160 e. The van der Waals surface area contributed by atoms with Crippen molar-refractivity contribution in [1.29, 1.82) is 0 Å². The minimum absolute atomic E-state index is 0.0987. The molecule has 104 valence electrons. The molecule has 0 amide bonds. The molecule has 19 heavy (non-hydrogen) atoms. The predicted octanol–water partition coefficient (Wildman–Crippen LogP) is 2.27. The van der Waals surface area contributed by atoms with E-state index in [-0.39, 0.29) is 6.04 Å². The minimum Gasteiger partial charge on any atom is -0.497 e. The van der Waals surface area contributed by atoms with Crippen molar-refractivity contribution in [1.82, 2.24) is 0 Å². The van der Waals surface area contributed by atoms with E-state index in [1.165, 1.54) is 0 Å². The van der Waals surface area contributed by atoms with Crippen LogP contribution in [0.4, 0.5) is 0 Å². The largest absolute Gasteiger partial charge is 0.497 e. The number of allylic oxidation sites excluding steroid dienone is 1. The van der Waals surface area contributed by atoms with E-state index >= 15 is 0 Å². The molecule has 0 saturated heterocycles. The molecule has 0 saturated carbocycles. The molecule has 1 heterocycles. The Bertz CT molecular complexity index is 457. The van der Waals surface area contributed by atoms with Crippen molar-refractivity contribution >= 4 is 0 Å². The summed E-state index contributed by atoms with van der Waals surface area (Å²) in [6.07, 6.45) is 4.95. The molecule has 4 heteroatoms. The van der Waals surface area contributed by atoms with Crippen LogP contribution in [-0.4, -0.2) is 26.9 Å². The van der Waals surface area contributed by atoms with Gasteiger partial charge in [-0.15, -0.1) is 0 Å². The zero-order valence-electron chi connectivity index (χ0n) is 11.5. The summed E-state index contributed by atoms with van der Waals surface area (Å²) >= 11 is 0. The first kappa shape index (κ1) is 13.7. The lowest BCUT2D eigenvalue weighted by Gasteiger charge is -2.21. The van der Waals surface area contributed by atoms with Crippen LogP contribution in [0.2, 0.25) is 0 Å². The molecule has 1 aromatic rings. The highest BCUT2D eigenvalue weighted by atomic mass is 16.5. The molecular weight excluding hydrogens is 242 g/mol. The molecule has 1 aromatic carbocycles. The van der Waals surface area contributed by atoms with Gasteiger partial charge in [-0.25, -0.2) is 0 Å². The molecule has 0 fully saturated rings. The van der Waals surface area contributed by atoms with Gasteiger partial charge in [0.25, 0.3) is 0 Å². The van der Waals surface area contributed by atoms with Gasteiger partial charge in [-0.2, -0.15) is 0 Å². The monoisotopic (exact) mass is 263 g/mol. The molecule has 4 nitrogen and oxygen atoms in total. The SMILES string of the molecule is COc1ccc(CC(N)C2=CCCCO2)cc1OC. The minimum atomic E-state index is -0.0987. The molecule has 2 N–H and O–H groups in total. The van der Waals surface area contributed by atoms with Crippen LogP contribution in [-0.2, 0) is 11.2 Å². The summed E-state index contributed by atoms with van der Waals surface area (Å²) in [7, 11) is 3.26. The summed E-state index contributed by atoms with van der Waals surface area (Å²) in [4.78, 5) is 0. The van der Waals surface area contributed by atoms with Gasteiger partial charge in [0.15, 0.2) is 11.5 Å². The zero-order valence-corrected chi connectivity index (χ0v) is 11.5. The molecule has 0 spiro atoms. The molecule has 1 aliphatic rings. The standard InChI is InChI=1S/C15H21NO3/c1-17-14-7-6-11(10-15(14)18-2)9-12(16)13-5-3-4-8-19-13/h5-7,10,12H,3-4,8-9,16H2,1-2H3. The molecular formula is C15H21NO3. The van der Waals surface area contributed by atoms with Crippen LogP contribution >= 0.6 is 0 Å². The summed E-state index contributed by atoms with van der Waals surface area (Å²) in [5.74, 6) is 2.36. The Labute approximate surface area is 114 Å². The summed E-state index contributed by atoms with van der Waals surface area (Å²) in [5, 5.41) is 0. The molecule has 1 atom stereocenters. The van der Waals surface area contributed by atoms with Crippen LogP contribution in [0, 0.1) is 0 Å². The van der Waals surface area contributed by atoms with E-state index in [2.05, 4.69) is 6.08 Å². The molecule has 0 radical (unpaired) electrons. The Morgan fingerprint density at radius 1 is 1.26 bits per heavy atom. The number of hydrogen-bond donors (Lipinski definition) is 1. The van der Waals surface area contributed by atoms with Gasteiger partial charge in [-0.3, -0.25) is 0 Å². The number of ether oxygens (including phenoxy) is 3. The second-order valence-corrected chi connectivity index (χ2v) is 4.60. The molecule has 0 aromatic heterocycles. The van der Waals surface area contributed by atoms with Gasteiger partial charge >= 0.3 is 0 Å².